The zero-order chi connectivity index (χ0) is 16.0. The average Bonchev–Trinajstić information content (AvgIpc) is 2.42. The van der Waals surface area contributed by atoms with Crippen LogP contribution in [0.3, 0.4) is 0 Å². The van der Waals surface area contributed by atoms with E-state index in [1.54, 1.807) is 13.8 Å². The van der Waals surface area contributed by atoms with E-state index in [0.29, 0.717) is 0 Å². The van der Waals surface area contributed by atoms with Crippen molar-refractivity contribution in [1.82, 2.24) is 5.32 Å². The molecule has 0 radical (unpaired) electrons. The van der Waals surface area contributed by atoms with Crippen LogP contribution in [0.1, 0.15) is 13.8 Å². The number of ether oxygens (including phenoxy) is 1. The smallest absolute Gasteiger partial charge is 0.326 e. The van der Waals surface area contributed by atoms with Crippen LogP contribution in [-0.2, 0) is 9.59 Å². The summed E-state index contributed by atoms with van der Waals surface area (Å²) in [6.07, 6.45) is 0. The average molecular weight is 296 g/mol. The summed E-state index contributed by atoms with van der Waals surface area (Å²) in [5.41, 5.74) is -0.0856. The van der Waals surface area contributed by atoms with E-state index in [1.807, 2.05) is 0 Å². The summed E-state index contributed by atoms with van der Waals surface area (Å²) in [4.78, 5) is 32.5. The van der Waals surface area contributed by atoms with Gasteiger partial charge in [-0.05, 0) is 18.1 Å². The largest absolute Gasteiger partial charge is 0.484 e. The van der Waals surface area contributed by atoms with Gasteiger partial charge in [-0.1, -0.05) is 13.8 Å². The highest BCUT2D eigenvalue weighted by molar-refractivity contribution is 5.84. The van der Waals surface area contributed by atoms with Crippen molar-refractivity contribution in [3.63, 3.8) is 0 Å². The van der Waals surface area contributed by atoms with Crippen LogP contribution in [0.25, 0.3) is 0 Å². The van der Waals surface area contributed by atoms with Gasteiger partial charge in [0, 0.05) is 12.1 Å². The molecule has 21 heavy (non-hydrogen) atoms. The molecular formula is C13H16N2O6. The molecule has 0 aliphatic heterocycles. The molecule has 0 saturated carbocycles. The Morgan fingerprint density at radius 3 is 2.33 bits per heavy atom. The second-order valence-electron chi connectivity index (χ2n) is 4.67. The second kappa shape index (κ2) is 7.22. The monoisotopic (exact) mass is 296 g/mol. The third-order valence-corrected chi connectivity index (χ3v) is 2.67. The molecule has 0 aromatic heterocycles. The first-order valence-electron chi connectivity index (χ1n) is 6.20. The predicted molar refractivity (Wildman–Crippen MR) is 73.0 cm³/mol. The molecule has 8 heteroatoms. The maximum atomic E-state index is 11.6. The minimum Gasteiger partial charge on any atom is -0.484 e. The molecule has 1 aromatic carbocycles. The summed E-state index contributed by atoms with van der Waals surface area (Å²) < 4.78 is 5.14. The van der Waals surface area contributed by atoms with Crippen LogP contribution in [0, 0.1) is 16.0 Å². The molecular weight excluding hydrogens is 280 g/mol. The Bertz CT molecular complexity index is 526. The number of non-ortho nitro benzene ring substituents is 1. The van der Waals surface area contributed by atoms with Crippen molar-refractivity contribution >= 4 is 17.6 Å². The highest BCUT2D eigenvalue weighted by Crippen LogP contribution is 2.17. The molecule has 0 aliphatic rings. The summed E-state index contributed by atoms with van der Waals surface area (Å²) in [7, 11) is 0. The highest BCUT2D eigenvalue weighted by atomic mass is 16.6. The lowest BCUT2D eigenvalue weighted by Crippen LogP contribution is -2.46. The number of hydrogen-bond acceptors (Lipinski definition) is 5. The van der Waals surface area contributed by atoms with Crippen molar-refractivity contribution in [2.24, 2.45) is 5.92 Å². The molecule has 0 unspecified atom stereocenters. The molecule has 0 heterocycles. The number of hydrogen-bond donors (Lipinski definition) is 2. The fourth-order valence-corrected chi connectivity index (χ4v) is 1.54. The number of carboxylic acid groups (broad SMARTS) is 1. The van der Waals surface area contributed by atoms with Crippen LogP contribution in [0.4, 0.5) is 5.69 Å². The third-order valence-electron chi connectivity index (χ3n) is 2.67. The fraction of sp³-hybridized carbons (Fsp3) is 0.385. The molecule has 0 bridgehead atoms. The lowest BCUT2D eigenvalue weighted by Gasteiger charge is -2.17. The number of carbonyl (C=O) groups is 2. The van der Waals surface area contributed by atoms with Gasteiger partial charge in [-0.25, -0.2) is 4.79 Å². The van der Waals surface area contributed by atoms with Gasteiger partial charge < -0.3 is 15.2 Å². The van der Waals surface area contributed by atoms with Gasteiger partial charge in [0.2, 0.25) is 0 Å². The summed E-state index contributed by atoms with van der Waals surface area (Å²) in [6.45, 7) is 2.99. The van der Waals surface area contributed by atoms with Crippen molar-refractivity contribution in [2.75, 3.05) is 6.61 Å². The first-order chi connectivity index (χ1) is 9.81. The van der Waals surface area contributed by atoms with E-state index in [-0.39, 0.29) is 24.0 Å². The van der Waals surface area contributed by atoms with E-state index in [4.69, 9.17) is 9.84 Å². The molecule has 0 spiro atoms. The standard InChI is InChI=1S/C13H16N2O6/c1-8(2)12(13(17)18)14-11(16)7-21-10-5-3-9(4-6-10)15(19)20/h3-6,8,12H,7H2,1-2H3,(H,14,16)(H,17,18)/t12-/m0/s1. The van der Waals surface area contributed by atoms with Gasteiger partial charge in [0.25, 0.3) is 11.6 Å². The van der Waals surface area contributed by atoms with Crippen LogP contribution in [0.5, 0.6) is 5.75 Å². The zero-order valence-electron chi connectivity index (χ0n) is 11.6. The van der Waals surface area contributed by atoms with E-state index in [0.717, 1.165) is 0 Å². The van der Waals surface area contributed by atoms with Crippen molar-refractivity contribution in [3.8, 4) is 5.75 Å². The van der Waals surface area contributed by atoms with Crippen LogP contribution < -0.4 is 10.1 Å². The van der Waals surface area contributed by atoms with Gasteiger partial charge in [-0.3, -0.25) is 14.9 Å². The number of aliphatic carboxylic acids is 1. The van der Waals surface area contributed by atoms with Crippen LogP contribution in [0.2, 0.25) is 0 Å². The van der Waals surface area contributed by atoms with Gasteiger partial charge in [-0.15, -0.1) is 0 Å². The normalized spacial score (nSPS) is 11.8. The Labute approximate surface area is 120 Å². The number of nitro benzene ring substituents is 1. The molecule has 1 aromatic rings. The van der Waals surface area contributed by atoms with Crippen molar-refractivity contribution in [3.05, 3.63) is 34.4 Å². The van der Waals surface area contributed by atoms with E-state index in [1.165, 1.54) is 24.3 Å². The molecule has 0 aliphatic carbocycles. The first kappa shape index (κ1) is 16.4. The zero-order valence-corrected chi connectivity index (χ0v) is 11.6. The SMILES string of the molecule is CC(C)[C@H](NC(=O)COc1ccc([N+](=O)[O-])cc1)C(=O)O. The fourth-order valence-electron chi connectivity index (χ4n) is 1.54. The number of carbonyl (C=O) groups excluding carboxylic acids is 1. The highest BCUT2D eigenvalue weighted by Gasteiger charge is 2.23. The summed E-state index contributed by atoms with van der Waals surface area (Å²) in [5.74, 6) is -1.67. The number of amides is 1. The number of rotatable bonds is 7. The molecule has 0 fully saturated rings. The van der Waals surface area contributed by atoms with E-state index in [2.05, 4.69) is 5.32 Å². The van der Waals surface area contributed by atoms with Crippen molar-refractivity contribution in [1.29, 1.82) is 0 Å². The number of nitrogens with one attached hydrogen (secondary N) is 1. The molecule has 114 valence electrons. The van der Waals surface area contributed by atoms with Gasteiger partial charge in [-0.2, -0.15) is 0 Å². The van der Waals surface area contributed by atoms with E-state index >= 15 is 0 Å². The number of carboxylic acids is 1. The summed E-state index contributed by atoms with van der Waals surface area (Å²) in [5, 5.41) is 21.8. The summed E-state index contributed by atoms with van der Waals surface area (Å²) >= 11 is 0. The lowest BCUT2D eigenvalue weighted by molar-refractivity contribution is -0.384. The number of benzene rings is 1. The molecule has 0 saturated heterocycles. The maximum Gasteiger partial charge on any atom is 0.326 e. The first-order valence-corrected chi connectivity index (χ1v) is 6.20. The summed E-state index contributed by atoms with van der Waals surface area (Å²) in [6, 6.07) is 4.24. The quantitative estimate of drug-likeness (QED) is 0.576. The van der Waals surface area contributed by atoms with Crippen LogP contribution >= 0.6 is 0 Å². The molecule has 1 rings (SSSR count). The van der Waals surface area contributed by atoms with E-state index in [9.17, 15) is 19.7 Å². The minimum atomic E-state index is -1.12. The van der Waals surface area contributed by atoms with Crippen LogP contribution in [-0.4, -0.2) is 34.6 Å². The van der Waals surface area contributed by atoms with Gasteiger partial charge >= 0.3 is 5.97 Å². The van der Waals surface area contributed by atoms with E-state index < -0.39 is 22.8 Å². The lowest BCUT2D eigenvalue weighted by atomic mass is 10.1. The molecule has 2 N–H and O–H groups in total. The predicted octanol–water partition coefficient (Wildman–Crippen LogP) is 1.20. The number of nitrogens with zero attached hydrogens (tertiary/aromatic N) is 1. The molecule has 1 atom stereocenters. The number of nitro groups is 1. The third kappa shape index (κ3) is 5.09. The Morgan fingerprint density at radius 1 is 1.33 bits per heavy atom. The Balaban J connectivity index is 2.52. The molecule has 1 amide bonds. The van der Waals surface area contributed by atoms with Gasteiger partial charge in [0.15, 0.2) is 6.61 Å². The van der Waals surface area contributed by atoms with Crippen LogP contribution in [0.15, 0.2) is 24.3 Å². The van der Waals surface area contributed by atoms with Gasteiger partial charge in [0.1, 0.15) is 11.8 Å². The molecule has 8 nitrogen and oxygen atoms in total. The Hall–Kier alpha value is -2.64. The van der Waals surface area contributed by atoms with Gasteiger partial charge in [0.05, 0.1) is 4.92 Å². The Kier molecular flexibility index (Phi) is 5.65. The van der Waals surface area contributed by atoms with Crippen molar-refractivity contribution < 1.29 is 24.4 Å². The van der Waals surface area contributed by atoms with Crippen molar-refractivity contribution in [2.45, 2.75) is 19.9 Å². The second-order valence-corrected chi connectivity index (χ2v) is 4.67. The Morgan fingerprint density at radius 2 is 1.90 bits per heavy atom. The minimum absolute atomic E-state index is 0.0856. The topological polar surface area (TPSA) is 119 Å². The maximum absolute atomic E-state index is 11.6.